The Morgan fingerprint density at radius 3 is 2.53 bits per heavy atom. The number of hydrogen-bond acceptors (Lipinski definition) is 1. The summed E-state index contributed by atoms with van der Waals surface area (Å²) in [6.07, 6.45) is 0. The van der Waals surface area contributed by atoms with E-state index in [1.165, 1.54) is 11.1 Å². The first-order valence-electron chi connectivity index (χ1n) is 5.78. The molecule has 2 aromatic rings. The molecule has 2 aromatic carbocycles. The maximum Gasteiger partial charge on any atom is 0.0409 e. The quantitative estimate of drug-likeness (QED) is 0.852. The van der Waals surface area contributed by atoms with Crippen molar-refractivity contribution in [1.82, 2.24) is 5.32 Å². The molecule has 0 bridgehead atoms. The highest BCUT2D eigenvalue weighted by atomic mass is 35.5. The van der Waals surface area contributed by atoms with Crippen LogP contribution in [0.5, 0.6) is 0 Å². The zero-order valence-electron chi connectivity index (χ0n) is 9.86. The molecule has 88 valence electrons. The van der Waals surface area contributed by atoms with Gasteiger partial charge in [-0.15, -0.1) is 0 Å². The Kier molecular flexibility index (Phi) is 4.18. The summed E-state index contributed by atoms with van der Waals surface area (Å²) in [5.41, 5.74) is 2.51. The fourth-order valence-electron chi connectivity index (χ4n) is 1.78. The molecule has 1 atom stereocenters. The molecule has 0 fully saturated rings. The molecule has 2 rings (SSSR count). The van der Waals surface area contributed by atoms with Crippen molar-refractivity contribution >= 4 is 11.6 Å². The Hall–Kier alpha value is -1.31. The van der Waals surface area contributed by atoms with Crippen LogP contribution in [0.15, 0.2) is 54.6 Å². The van der Waals surface area contributed by atoms with Gasteiger partial charge >= 0.3 is 0 Å². The molecule has 0 amide bonds. The first-order chi connectivity index (χ1) is 8.25. The molecule has 0 unspecified atom stereocenters. The molecule has 0 spiro atoms. The van der Waals surface area contributed by atoms with Crippen LogP contribution < -0.4 is 5.32 Å². The highest BCUT2D eigenvalue weighted by molar-refractivity contribution is 6.30. The molecule has 2 heteroatoms. The van der Waals surface area contributed by atoms with Crippen LogP contribution in [0.3, 0.4) is 0 Å². The molecule has 0 saturated heterocycles. The summed E-state index contributed by atoms with van der Waals surface area (Å²) in [4.78, 5) is 0. The fraction of sp³-hybridized carbons (Fsp3) is 0.200. The number of halogens is 1. The normalized spacial score (nSPS) is 12.4. The molecule has 0 aliphatic carbocycles. The van der Waals surface area contributed by atoms with Gasteiger partial charge in [0.2, 0.25) is 0 Å². The van der Waals surface area contributed by atoms with Gasteiger partial charge in [-0.3, -0.25) is 0 Å². The van der Waals surface area contributed by atoms with Crippen molar-refractivity contribution in [3.8, 4) is 0 Å². The Bertz CT molecular complexity index is 467. The van der Waals surface area contributed by atoms with Crippen LogP contribution in [-0.2, 0) is 6.54 Å². The highest BCUT2D eigenvalue weighted by Gasteiger charge is 2.03. The lowest BCUT2D eigenvalue weighted by atomic mass is 10.1. The first-order valence-corrected chi connectivity index (χ1v) is 6.16. The van der Waals surface area contributed by atoms with Crippen LogP contribution in [-0.4, -0.2) is 0 Å². The third kappa shape index (κ3) is 3.58. The number of benzene rings is 2. The van der Waals surface area contributed by atoms with Gasteiger partial charge in [0.15, 0.2) is 0 Å². The third-order valence-corrected chi connectivity index (χ3v) is 3.04. The standard InChI is InChI=1S/C15H16ClN/c1-12(14-7-3-2-4-8-14)17-11-13-6-5-9-15(16)10-13/h2-10,12,17H,11H2,1H3/t12-/m0/s1. The van der Waals surface area contributed by atoms with Crippen LogP contribution in [0, 0.1) is 0 Å². The first kappa shape index (κ1) is 12.2. The van der Waals surface area contributed by atoms with Gasteiger partial charge in [-0.05, 0) is 30.2 Å². The summed E-state index contributed by atoms with van der Waals surface area (Å²) in [6, 6.07) is 18.7. The van der Waals surface area contributed by atoms with Crippen molar-refractivity contribution in [2.45, 2.75) is 19.5 Å². The molecule has 0 saturated carbocycles. The number of hydrogen-bond donors (Lipinski definition) is 1. The van der Waals surface area contributed by atoms with Gasteiger partial charge in [-0.1, -0.05) is 54.1 Å². The van der Waals surface area contributed by atoms with Gasteiger partial charge in [0.1, 0.15) is 0 Å². The second kappa shape index (κ2) is 5.85. The lowest BCUT2D eigenvalue weighted by molar-refractivity contribution is 0.575. The minimum atomic E-state index is 0.343. The van der Waals surface area contributed by atoms with Crippen molar-refractivity contribution in [3.63, 3.8) is 0 Å². The predicted octanol–water partition coefficient (Wildman–Crippen LogP) is 4.19. The Morgan fingerprint density at radius 2 is 1.82 bits per heavy atom. The maximum atomic E-state index is 5.95. The monoisotopic (exact) mass is 245 g/mol. The lowest BCUT2D eigenvalue weighted by Crippen LogP contribution is -2.17. The molecule has 0 radical (unpaired) electrons. The molecule has 0 aromatic heterocycles. The topological polar surface area (TPSA) is 12.0 Å². The largest absolute Gasteiger partial charge is 0.306 e. The van der Waals surface area contributed by atoms with Crippen molar-refractivity contribution in [3.05, 3.63) is 70.7 Å². The van der Waals surface area contributed by atoms with E-state index < -0.39 is 0 Å². The van der Waals surface area contributed by atoms with E-state index in [9.17, 15) is 0 Å². The van der Waals surface area contributed by atoms with Gasteiger partial charge in [-0.25, -0.2) is 0 Å². The highest BCUT2D eigenvalue weighted by Crippen LogP contribution is 2.14. The second-order valence-corrected chi connectivity index (χ2v) is 4.58. The fourth-order valence-corrected chi connectivity index (χ4v) is 1.99. The number of rotatable bonds is 4. The average Bonchev–Trinajstić information content (AvgIpc) is 2.37. The van der Waals surface area contributed by atoms with Gasteiger partial charge in [0.05, 0.1) is 0 Å². The summed E-state index contributed by atoms with van der Waals surface area (Å²) in [7, 11) is 0. The zero-order valence-corrected chi connectivity index (χ0v) is 10.6. The maximum absolute atomic E-state index is 5.95. The van der Waals surface area contributed by atoms with Crippen LogP contribution in [0.1, 0.15) is 24.1 Å². The summed E-state index contributed by atoms with van der Waals surface area (Å²) < 4.78 is 0. The molecule has 17 heavy (non-hydrogen) atoms. The van der Waals surface area contributed by atoms with E-state index in [2.05, 4.69) is 42.6 Å². The van der Waals surface area contributed by atoms with Crippen LogP contribution in [0.25, 0.3) is 0 Å². The summed E-state index contributed by atoms with van der Waals surface area (Å²) in [5, 5.41) is 4.27. The van der Waals surface area contributed by atoms with E-state index >= 15 is 0 Å². The van der Waals surface area contributed by atoms with Crippen LogP contribution >= 0.6 is 11.6 Å². The van der Waals surface area contributed by atoms with Gasteiger partial charge in [-0.2, -0.15) is 0 Å². The molecule has 1 nitrogen and oxygen atoms in total. The molecular formula is C15H16ClN. The van der Waals surface area contributed by atoms with E-state index in [1.807, 2.05) is 24.3 Å². The average molecular weight is 246 g/mol. The van der Waals surface area contributed by atoms with Gasteiger partial charge in [0, 0.05) is 17.6 Å². The SMILES string of the molecule is C[C@H](NCc1cccc(Cl)c1)c1ccccc1. The van der Waals surface area contributed by atoms with Crippen molar-refractivity contribution < 1.29 is 0 Å². The Morgan fingerprint density at radius 1 is 1.06 bits per heavy atom. The van der Waals surface area contributed by atoms with Crippen molar-refractivity contribution in [2.75, 3.05) is 0 Å². The molecular weight excluding hydrogens is 230 g/mol. The van der Waals surface area contributed by atoms with E-state index in [4.69, 9.17) is 11.6 Å². The minimum Gasteiger partial charge on any atom is -0.306 e. The summed E-state index contributed by atoms with van der Waals surface area (Å²) >= 11 is 5.95. The Balaban J connectivity index is 1.95. The van der Waals surface area contributed by atoms with Crippen LogP contribution in [0.4, 0.5) is 0 Å². The van der Waals surface area contributed by atoms with E-state index in [0.717, 1.165) is 11.6 Å². The molecule has 0 heterocycles. The van der Waals surface area contributed by atoms with Crippen molar-refractivity contribution in [1.29, 1.82) is 0 Å². The Labute approximate surface area is 107 Å². The number of nitrogens with one attached hydrogen (secondary N) is 1. The zero-order chi connectivity index (χ0) is 12.1. The minimum absolute atomic E-state index is 0.343. The van der Waals surface area contributed by atoms with Crippen molar-refractivity contribution in [2.24, 2.45) is 0 Å². The van der Waals surface area contributed by atoms with E-state index in [0.29, 0.717) is 6.04 Å². The van der Waals surface area contributed by atoms with Gasteiger partial charge < -0.3 is 5.32 Å². The van der Waals surface area contributed by atoms with Crippen LogP contribution in [0.2, 0.25) is 5.02 Å². The molecule has 0 aliphatic rings. The smallest absolute Gasteiger partial charge is 0.0409 e. The summed E-state index contributed by atoms with van der Waals surface area (Å²) in [5.74, 6) is 0. The van der Waals surface area contributed by atoms with Gasteiger partial charge in [0.25, 0.3) is 0 Å². The lowest BCUT2D eigenvalue weighted by Gasteiger charge is -2.14. The molecule has 0 aliphatic heterocycles. The van der Waals surface area contributed by atoms with E-state index in [-0.39, 0.29) is 0 Å². The molecule has 1 N–H and O–H groups in total. The van der Waals surface area contributed by atoms with E-state index in [1.54, 1.807) is 0 Å². The predicted molar refractivity (Wildman–Crippen MR) is 73.1 cm³/mol. The second-order valence-electron chi connectivity index (χ2n) is 4.14. The summed E-state index contributed by atoms with van der Waals surface area (Å²) in [6.45, 7) is 3.00. The third-order valence-electron chi connectivity index (χ3n) is 2.80.